The Kier molecular flexibility index (Phi) is 5.09. The van der Waals surface area contributed by atoms with Crippen LogP contribution < -0.4 is 5.32 Å². The first-order valence-corrected chi connectivity index (χ1v) is 7.73. The number of Topliss-reactive ketones (excluding diaryl/α,β-unsaturated/α-hetero) is 1. The van der Waals surface area contributed by atoms with Gasteiger partial charge in [-0.15, -0.1) is 11.3 Å². The molecule has 2 rings (SSSR count). The number of hydrogen-bond donors (Lipinski definition) is 1. The summed E-state index contributed by atoms with van der Waals surface area (Å²) in [5.41, 5.74) is 0.758. The maximum absolute atomic E-state index is 11.7. The molecule has 5 heteroatoms. The van der Waals surface area contributed by atoms with Crippen LogP contribution in [0.1, 0.15) is 22.5 Å². The number of carbonyl (C=O) groups excluding carboxylic acids is 2. The van der Waals surface area contributed by atoms with Gasteiger partial charge in [0, 0.05) is 22.1 Å². The molecule has 0 fully saturated rings. The molecule has 0 aliphatic carbocycles. The Labute approximate surface area is 129 Å². The van der Waals surface area contributed by atoms with Gasteiger partial charge in [0.15, 0.2) is 5.78 Å². The summed E-state index contributed by atoms with van der Waals surface area (Å²) in [7, 11) is 0. The molecule has 0 aliphatic rings. The van der Waals surface area contributed by atoms with Crippen molar-refractivity contribution in [3.63, 3.8) is 0 Å². The molecule has 0 radical (unpaired) electrons. The predicted molar refractivity (Wildman–Crippen MR) is 85.7 cm³/mol. The smallest absolute Gasteiger partial charge is 0.224 e. The Balaban J connectivity index is 1.82. The normalized spacial score (nSPS) is 10.2. The van der Waals surface area contributed by atoms with Crippen LogP contribution >= 0.6 is 33.9 Å². The third kappa shape index (κ3) is 4.43. The van der Waals surface area contributed by atoms with E-state index >= 15 is 0 Å². The van der Waals surface area contributed by atoms with Crippen LogP contribution in [-0.2, 0) is 4.79 Å². The standard InChI is InChI=1S/C14H12INO2S/c15-10-3-5-11(6-4-10)16-14(18)8-7-12(17)13-2-1-9-19-13/h1-6,9H,7-8H2,(H,16,18). The predicted octanol–water partition coefficient (Wildman–Crippen LogP) is 3.95. The summed E-state index contributed by atoms with van der Waals surface area (Å²) in [6.07, 6.45) is 0.458. The molecule has 1 amide bonds. The Morgan fingerprint density at radius 3 is 2.47 bits per heavy atom. The number of thiophene rings is 1. The highest BCUT2D eigenvalue weighted by Gasteiger charge is 2.10. The summed E-state index contributed by atoms with van der Waals surface area (Å²) in [6.45, 7) is 0. The van der Waals surface area contributed by atoms with Crippen LogP contribution in [0.3, 0.4) is 0 Å². The van der Waals surface area contributed by atoms with Crippen molar-refractivity contribution in [3.05, 3.63) is 50.2 Å². The molecule has 0 aliphatic heterocycles. The SMILES string of the molecule is O=C(CCC(=O)c1cccs1)Nc1ccc(I)cc1. The van der Waals surface area contributed by atoms with E-state index in [-0.39, 0.29) is 24.5 Å². The second-order valence-electron chi connectivity index (χ2n) is 3.96. The van der Waals surface area contributed by atoms with E-state index in [1.807, 2.05) is 35.7 Å². The minimum atomic E-state index is -0.133. The number of nitrogens with one attached hydrogen (secondary N) is 1. The largest absolute Gasteiger partial charge is 0.326 e. The quantitative estimate of drug-likeness (QED) is 0.626. The second-order valence-corrected chi connectivity index (χ2v) is 6.15. The molecule has 0 atom stereocenters. The molecule has 98 valence electrons. The third-order valence-electron chi connectivity index (χ3n) is 2.50. The van der Waals surface area contributed by atoms with Crippen molar-refractivity contribution in [2.75, 3.05) is 5.32 Å². The Morgan fingerprint density at radius 2 is 1.84 bits per heavy atom. The van der Waals surface area contributed by atoms with Gasteiger partial charge in [0.25, 0.3) is 0 Å². The molecule has 1 aromatic carbocycles. The molecular formula is C14H12INO2S. The first kappa shape index (κ1) is 14.2. The lowest BCUT2D eigenvalue weighted by molar-refractivity contribution is -0.116. The van der Waals surface area contributed by atoms with Gasteiger partial charge in [-0.05, 0) is 58.3 Å². The van der Waals surface area contributed by atoms with Crippen molar-refractivity contribution >= 4 is 51.3 Å². The molecule has 3 nitrogen and oxygen atoms in total. The highest BCUT2D eigenvalue weighted by atomic mass is 127. The fraction of sp³-hybridized carbons (Fsp3) is 0.143. The van der Waals surface area contributed by atoms with Gasteiger partial charge in [0.05, 0.1) is 4.88 Å². The van der Waals surface area contributed by atoms with Crippen molar-refractivity contribution in [2.45, 2.75) is 12.8 Å². The van der Waals surface area contributed by atoms with Crippen LogP contribution in [0.5, 0.6) is 0 Å². The molecule has 0 saturated carbocycles. The van der Waals surface area contributed by atoms with E-state index in [0.717, 1.165) is 9.26 Å². The van der Waals surface area contributed by atoms with Crippen molar-refractivity contribution in [1.29, 1.82) is 0 Å². The number of carbonyl (C=O) groups is 2. The van der Waals surface area contributed by atoms with Gasteiger partial charge >= 0.3 is 0 Å². The minimum absolute atomic E-state index is 0.0211. The molecule has 0 bridgehead atoms. The average Bonchev–Trinajstić information content (AvgIpc) is 2.93. The number of ketones is 1. The van der Waals surface area contributed by atoms with Gasteiger partial charge < -0.3 is 5.32 Å². The zero-order chi connectivity index (χ0) is 13.7. The third-order valence-corrected chi connectivity index (χ3v) is 4.13. The number of amides is 1. The molecular weight excluding hydrogens is 373 g/mol. The number of rotatable bonds is 5. The lowest BCUT2D eigenvalue weighted by Crippen LogP contribution is -2.13. The number of anilines is 1. The summed E-state index contributed by atoms with van der Waals surface area (Å²) >= 11 is 3.61. The van der Waals surface area contributed by atoms with Crippen molar-refractivity contribution in [2.24, 2.45) is 0 Å². The van der Waals surface area contributed by atoms with E-state index < -0.39 is 0 Å². The zero-order valence-electron chi connectivity index (χ0n) is 10.1. The number of halogens is 1. The fourth-order valence-electron chi connectivity index (χ4n) is 1.54. The minimum Gasteiger partial charge on any atom is -0.326 e. The summed E-state index contributed by atoms with van der Waals surface area (Å²) in [5.74, 6) is -0.112. The molecule has 2 aromatic rings. The van der Waals surface area contributed by atoms with E-state index in [1.165, 1.54) is 11.3 Å². The van der Waals surface area contributed by atoms with Crippen LogP contribution in [0.2, 0.25) is 0 Å². The lowest BCUT2D eigenvalue weighted by Gasteiger charge is -2.04. The lowest BCUT2D eigenvalue weighted by atomic mass is 10.2. The van der Waals surface area contributed by atoms with Gasteiger partial charge in [-0.25, -0.2) is 0 Å². The fourth-order valence-corrected chi connectivity index (χ4v) is 2.60. The van der Waals surface area contributed by atoms with Crippen LogP contribution in [0.4, 0.5) is 5.69 Å². The zero-order valence-corrected chi connectivity index (χ0v) is 13.0. The Hall–Kier alpha value is -1.21. The first-order valence-electron chi connectivity index (χ1n) is 5.77. The highest BCUT2D eigenvalue weighted by Crippen LogP contribution is 2.14. The Bertz CT molecular complexity index is 564. The number of hydrogen-bond acceptors (Lipinski definition) is 3. The topological polar surface area (TPSA) is 46.2 Å². The first-order chi connectivity index (χ1) is 9.15. The molecule has 1 heterocycles. The van der Waals surface area contributed by atoms with Gasteiger partial charge in [0.2, 0.25) is 5.91 Å². The van der Waals surface area contributed by atoms with Crippen LogP contribution in [0.25, 0.3) is 0 Å². The van der Waals surface area contributed by atoms with Crippen LogP contribution in [-0.4, -0.2) is 11.7 Å². The maximum atomic E-state index is 11.7. The van der Waals surface area contributed by atoms with Crippen LogP contribution in [0.15, 0.2) is 41.8 Å². The van der Waals surface area contributed by atoms with Gasteiger partial charge in [-0.1, -0.05) is 6.07 Å². The maximum Gasteiger partial charge on any atom is 0.224 e. The number of benzene rings is 1. The summed E-state index contributed by atoms with van der Waals surface area (Å²) in [6, 6.07) is 11.2. The van der Waals surface area contributed by atoms with Crippen molar-refractivity contribution in [3.8, 4) is 0 Å². The molecule has 0 spiro atoms. The molecule has 1 N–H and O–H groups in total. The average molecular weight is 385 g/mol. The van der Waals surface area contributed by atoms with Crippen molar-refractivity contribution in [1.82, 2.24) is 0 Å². The summed E-state index contributed by atoms with van der Waals surface area (Å²) in [4.78, 5) is 24.2. The van der Waals surface area contributed by atoms with E-state index in [1.54, 1.807) is 6.07 Å². The molecule has 1 aromatic heterocycles. The van der Waals surface area contributed by atoms with Crippen molar-refractivity contribution < 1.29 is 9.59 Å². The molecule has 0 saturated heterocycles. The highest BCUT2D eigenvalue weighted by molar-refractivity contribution is 14.1. The van der Waals surface area contributed by atoms with Crippen LogP contribution in [0, 0.1) is 3.57 Å². The van der Waals surface area contributed by atoms with Gasteiger partial charge in [0.1, 0.15) is 0 Å². The summed E-state index contributed by atoms with van der Waals surface area (Å²) in [5, 5.41) is 4.64. The monoisotopic (exact) mass is 385 g/mol. The van der Waals surface area contributed by atoms with Gasteiger partial charge in [-0.3, -0.25) is 9.59 Å². The Morgan fingerprint density at radius 1 is 1.11 bits per heavy atom. The molecule has 19 heavy (non-hydrogen) atoms. The van der Waals surface area contributed by atoms with E-state index in [9.17, 15) is 9.59 Å². The van der Waals surface area contributed by atoms with Gasteiger partial charge in [-0.2, -0.15) is 0 Å². The second kappa shape index (κ2) is 6.81. The van der Waals surface area contributed by atoms with E-state index in [4.69, 9.17) is 0 Å². The van der Waals surface area contributed by atoms with E-state index in [2.05, 4.69) is 27.9 Å². The summed E-state index contributed by atoms with van der Waals surface area (Å²) < 4.78 is 1.11. The van der Waals surface area contributed by atoms with E-state index in [0.29, 0.717) is 4.88 Å². The molecule has 0 unspecified atom stereocenters.